The van der Waals surface area contributed by atoms with Crippen LogP contribution in [0.1, 0.15) is 31.2 Å². The normalized spacial score (nSPS) is 22.4. The Hall–Kier alpha value is -1.91. The maximum absolute atomic E-state index is 12.2. The van der Waals surface area contributed by atoms with Gasteiger partial charge in [-0.25, -0.2) is 13.1 Å². The van der Waals surface area contributed by atoms with E-state index in [1.807, 2.05) is 6.07 Å². The lowest BCUT2D eigenvalue weighted by Crippen LogP contribution is -2.38. The van der Waals surface area contributed by atoms with Gasteiger partial charge in [-0.2, -0.15) is 5.26 Å². The van der Waals surface area contributed by atoms with E-state index in [2.05, 4.69) is 4.72 Å². The molecule has 21 heavy (non-hydrogen) atoms. The minimum atomic E-state index is -3.63. The molecule has 112 valence electrons. The van der Waals surface area contributed by atoms with Gasteiger partial charge in [-0.15, -0.1) is 0 Å². The molecule has 0 unspecified atom stereocenters. The van der Waals surface area contributed by atoms with Crippen LogP contribution >= 0.6 is 0 Å². The third-order valence-corrected chi connectivity index (χ3v) is 5.23. The highest BCUT2D eigenvalue weighted by Gasteiger charge is 2.28. The van der Waals surface area contributed by atoms with Crippen molar-refractivity contribution in [3.8, 4) is 6.07 Å². The number of sulfonamides is 1. The van der Waals surface area contributed by atoms with E-state index in [4.69, 9.17) is 10.4 Å². The molecule has 2 N–H and O–H groups in total. The number of nitrogens with one attached hydrogen (secondary N) is 1. The molecule has 0 amide bonds. The van der Waals surface area contributed by atoms with E-state index in [1.165, 1.54) is 24.3 Å². The maximum atomic E-state index is 12.2. The first-order chi connectivity index (χ1) is 9.92. The summed E-state index contributed by atoms with van der Waals surface area (Å²) in [5, 5.41) is 17.6. The Kier molecular flexibility index (Phi) is 4.60. The van der Waals surface area contributed by atoms with Gasteiger partial charge < -0.3 is 5.11 Å². The van der Waals surface area contributed by atoms with Crippen LogP contribution in [0.25, 0.3) is 0 Å². The Morgan fingerprint density at radius 3 is 2.24 bits per heavy atom. The van der Waals surface area contributed by atoms with Crippen LogP contribution in [0.5, 0.6) is 0 Å². The second kappa shape index (κ2) is 6.24. The van der Waals surface area contributed by atoms with Gasteiger partial charge in [0.25, 0.3) is 0 Å². The van der Waals surface area contributed by atoms with Crippen LogP contribution in [0.15, 0.2) is 29.2 Å². The Labute approximate surface area is 123 Å². The fraction of sp³-hybridized carbons (Fsp3) is 0.429. The van der Waals surface area contributed by atoms with Crippen molar-refractivity contribution < 1.29 is 18.3 Å². The third-order valence-electron chi connectivity index (χ3n) is 3.69. The summed E-state index contributed by atoms with van der Waals surface area (Å²) in [7, 11) is -3.63. The molecule has 0 saturated heterocycles. The second-order valence-electron chi connectivity index (χ2n) is 5.14. The van der Waals surface area contributed by atoms with Crippen molar-refractivity contribution in [3.05, 3.63) is 29.8 Å². The molecule has 0 bridgehead atoms. The number of hydrogen-bond acceptors (Lipinski definition) is 4. The van der Waals surface area contributed by atoms with Crippen molar-refractivity contribution in [2.24, 2.45) is 5.92 Å². The molecule has 7 heteroatoms. The predicted molar refractivity (Wildman–Crippen MR) is 74.9 cm³/mol. The number of aliphatic carboxylic acids is 1. The molecule has 1 saturated carbocycles. The zero-order chi connectivity index (χ0) is 15.5. The first-order valence-electron chi connectivity index (χ1n) is 6.67. The van der Waals surface area contributed by atoms with Gasteiger partial charge in [0.1, 0.15) is 0 Å². The standard InChI is InChI=1S/C14H16N2O4S/c15-9-10-1-7-13(8-2-10)21(19,20)16-12-5-3-11(4-6-12)14(17)18/h1-2,7-8,11-12,16H,3-6H2,(H,17,18). The van der Waals surface area contributed by atoms with Gasteiger partial charge in [-0.05, 0) is 49.9 Å². The van der Waals surface area contributed by atoms with E-state index in [1.54, 1.807) is 0 Å². The molecule has 1 aliphatic rings. The predicted octanol–water partition coefficient (Wildman–Crippen LogP) is 1.48. The van der Waals surface area contributed by atoms with Crippen LogP contribution in [-0.4, -0.2) is 25.5 Å². The highest BCUT2D eigenvalue weighted by atomic mass is 32.2. The van der Waals surface area contributed by atoms with Crippen LogP contribution in [0.2, 0.25) is 0 Å². The fourth-order valence-electron chi connectivity index (χ4n) is 2.45. The van der Waals surface area contributed by atoms with Crippen molar-refractivity contribution in [1.82, 2.24) is 4.72 Å². The van der Waals surface area contributed by atoms with Crippen molar-refractivity contribution in [3.63, 3.8) is 0 Å². The zero-order valence-corrected chi connectivity index (χ0v) is 12.1. The summed E-state index contributed by atoms with van der Waals surface area (Å²) >= 11 is 0. The lowest BCUT2D eigenvalue weighted by Gasteiger charge is -2.26. The Morgan fingerprint density at radius 1 is 1.19 bits per heavy atom. The molecule has 2 rings (SSSR count). The molecule has 1 aliphatic carbocycles. The van der Waals surface area contributed by atoms with Gasteiger partial charge in [0.15, 0.2) is 0 Å². The number of carboxylic acids is 1. The van der Waals surface area contributed by atoms with Crippen LogP contribution in [0, 0.1) is 17.2 Å². The van der Waals surface area contributed by atoms with Gasteiger partial charge in [0, 0.05) is 6.04 Å². The largest absolute Gasteiger partial charge is 0.481 e. The van der Waals surface area contributed by atoms with Gasteiger partial charge >= 0.3 is 5.97 Å². The summed E-state index contributed by atoms with van der Waals surface area (Å²) < 4.78 is 27.0. The smallest absolute Gasteiger partial charge is 0.306 e. The van der Waals surface area contributed by atoms with E-state index in [-0.39, 0.29) is 16.9 Å². The molecule has 1 fully saturated rings. The quantitative estimate of drug-likeness (QED) is 0.876. The Morgan fingerprint density at radius 2 is 1.76 bits per heavy atom. The van der Waals surface area contributed by atoms with Crippen LogP contribution in [0.4, 0.5) is 0 Å². The molecule has 0 atom stereocenters. The van der Waals surface area contributed by atoms with Crippen molar-refractivity contribution in [2.75, 3.05) is 0 Å². The molecular weight excluding hydrogens is 292 g/mol. The van der Waals surface area contributed by atoms with E-state index >= 15 is 0 Å². The van der Waals surface area contributed by atoms with Crippen LogP contribution in [-0.2, 0) is 14.8 Å². The van der Waals surface area contributed by atoms with Gasteiger partial charge in [-0.1, -0.05) is 0 Å². The number of benzene rings is 1. The number of nitrogens with zero attached hydrogens (tertiary/aromatic N) is 1. The van der Waals surface area contributed by atoms with Crippen LogP contribution in [0.3, 0.4) is 0 Å². The third kappa shape index (κ3) is 3.80. The first kappa shape index (κ1) is 15.5. The number of rotatable bonds is 4. The highest BCUT2D eigenvalue weighted by Crippen LogP contribution is 2.25. The van der Waals surface area contributed by atoms with Crippen molar-refractivity contribution in [2.45, 2.75) is 36.6 Å². The lowest BCUT2D eigenvalue weighted by atomic mass is 9.87. The summed E-state index contributed by atoms with van der Waals surface area (Å²) in [4.78, 5) is 11.0. The highest BCUT2D eigenvalue weighted by molar-refractivity contribution is 7.89. The monoisotopic (exact) mass is 308 g/mol. The van der Waals surface area contributed by atoms with E-state index < -0.39 is 16.0 Å². The minimum absolute atomic E-state index is 0.113. The molecule has 1 aromatic carbocycles. The number of carbonyl (C=O) groups is 1. The molecule has 0 heterocycles. The topological polar surface area (TPSA) is 107 Å². The summed E-state index contributed by atoms with van der Waals surface area (Å²) in [6.45, 7) is 0. The number of hydrogen-bond donors (Lipinski definition) is 2. The van der Waals surface area contributed by atoms with Crippen molar-refractivity contribution in [1.29, 1.82) is 5.26 Å². The molecule has 0 radical (unpaired) electrons. The summed E-state index contributed by atoms with van der Waals surface area (Å²) in [6, 6.07) is 7.39. The summed E-state index contributed by atoms with van der Waals surface area (Å²) in [5.41, 5.74) is 0.399. The van der Waals surface area contributed by atoms with Crippen LogP contribution < -0.4 is 4.72 Å². The van der Waals surface area contributed by atoms with Gasteiger partial charge in [0.05, 0.1) is 22.4 Å². The lowest BCUT2D eigenvalue weighted by molar-refractivity contribution is -0.142. The van der Waals surface area contributed by atoms with Gasteiger partial charge in [-0.3, -0.25) is 4.79 Å². The fourth-order valence-corrected chi connectivity index (χ4v) is 3.76. The molecule has 0 aromatic heterocycles. The number of nitriles is 1. The molecule has 0 spiro atoms. The van der Waals surface area contributed by atoms with E-state index in [0.29, 0.717) is 31.2 Å². The molecule has 0 aliphatic heterocycles. The SMILES string of the molecule is N#Cc1ccc(S(=O)(=O)NC2CCC(C(=O)O)CC2)cc1. The zero-order valence-electron chi connectivity index (χ0n) is 11.3. The minimum Gasteiger partial charge on any atom is -0.481 e. The second-order valence-corrected chi connectivity index (χ2v) is 6.86. The first-order valence-corrected chi connectivity index (χ1v) is 8.16. The summed E-state index contributed by atoms with van der Waals surface area (Å²) in [6.07, 6.45) is 2.00. The van der Waals surface area contributed by atoms with Crippen molar-refractivity contribution >= 4 is 16.0 Å². The maximum Gasteiger partial charge on any atom is 0.306 e. The molecule has 6 nitrogen and oxygen atoms in total. The average Bonchev–Trinajstić information content (AvgIpc) is 2.47. The summed E-state index contributed by atoms with van der Waals surface area (Å²) in [5.74, 6) is -1.19. The van der Waals surface area contributed by atoms with Gasteiger partial charge in [0.2, 0.25) is 10.0 Å². The number of carboxylic acid groups (broad SMARTS) is 1. The average molecular weight is 308 g/mol. The molecule has 1 aromatic rings. The molecular formula is C14H16N2O4S. The van der Waals surface area contributed by atoms with E-state index in [9.17, 15) is 13.2 Å². The van der Waals surface area contributed by atoms with E-state index in [0.717, 1.165) is 0 Å². The Balaban J connectivity index is 2.01. The Bertz CT molecular complexity index is 653.